The summed E-state index contributed by atoms with van der Waals surface area (Å²) in [6.07, 6.45) is 2.03. The smallest absolute Gasteiger partial charge is 0.220 e. The number of hydrogen-bond acceptors (Lipinski definition) is 5. The maximum absolute atomic E-state index is 6.06. The standard InChI is InChI=1S/C19H23N5/c1-19(2)23-17(20)22-18(21)24(19)16-12-10-15(11-13-16)9-8-14-6-4-3-5-7-14/h3-7,10-13H,8-9H2,1-2H3,(H4,20,21,22,23). The Bertz CT molecular complexity index is 760. The zero-order chi connectivity index (χ0) is 17.2. The summed E-state index contributed by atoms with van der Waals surface area (Å²) in [4.78, 5) is 10.3. The predicted molar refractivity (Wildman–Crippen MR) is 100 cm³/mol. The van der Waals surface area contributed by atoms with Crippen molar-refractivity contribution in [3.63, 3.8) is 0 Å². The third-order valence-electron chi connectivity index (χ3n) is 4.13. The molecule has 1 heterocycles. The number of guanidine groups is 2. The molecular weight excluding hydrogens is 298 g/mol. The Hall–Kier alpha value is -2.82. The minimum absolute atomic E-state index is 0.216. The Morgan fingerprint density at radius 1 is 0.875 bits per heavy atom. The lowest BCUT2D eigenvalue weighted by atomic mass is 10.0. The minimum Gasteiger partial charge on any atom is -0.369 e. The third kappa shape index (κ3) is 3.40. The second kappa shape index (κ2) is 6.35. The van der Waals surface area contributed by atoms with Crippen molar-refractivity contribution in [2.75, 3.05) is 4.90 Å². The quantitative estimate of drug-likeness (QED) is 0.908. The van der Waals surface area contributed by atoms with Crippen LogP contribution in [0.15, 0.2) is 64.6 Å². The molecule has 0 aromatic heterocycles. The first-order valence-electron chi connectivity index (χ1n) is 8.08. The van der Waals surface area contributed by atoms with Crippen LogP contribution in [0.3, 0.4) is 0 Å². The number of aliphatic imine (C=N–C) groups is 2. The summed E-state index contributed by atoms with van der Waals surface area (Å²) in [5.74, 6) is 0.581. The van der Waals surface area contributed by atoms with Crippen molar-refractivity contribution in [2.24, 2.45) is 21.5 Å². The van der Waals surface area contributed by atoms with E-state index in [0.717, 1.165) is 18.5 Å². The number of anilines is 1. The van der Waals surface area contributed by atoms with Crippen molar-refractivity contribution in [1.82, 2.24) is 0 Å². The molecule has 0 bridgehead atoms. The maximum Gasteiger partial charge on any atom is 0.220 e. The first kappa shape index (κ1) is 16.1. The van der Waals surface area contributed by atoms with Crippen LogP contribution in [0, 0.1) is 0 Å². The average Bonchev–Trinajstić information content (AvgIpc) is 2.53. The fourth-order valence-corrected chi connectivity index (χ4v) is 3.00. The van der Waals surface area contributed by atoms with Crippen molar-refractivity contribution in [3.8, 4) is 0 Å². The van der Waals surface area contributed by atoms with Crippen molar-refractivity contribution in [1.29, 1.82) is 0 Å². The number of aryl methyl sites for hydroxylation is 2. The molecule has 0 atom stereocenters. The van der Waals surface area contributed by atoms with Gasteiger partial charge in [-0.3, -0.25) is 4.90 Å². The van der Waals surface area contributed by atoms with Crippen LogP contribution in [0.4, 0.5) is 5.69 Å². The van der Waals surface area contributed by atoms with Gasteiger partial charge in [-0.25, -0.2) is 4.99 Å². The van der Waals surface area contributed by atoms with E-state index in [-0.39, 0.29) is 5.96 Å². The monoisotopic (exact) mass is 321 g/mol. The molecule has 2 aromatic carbocycles. The summed E-state index contributed by atoms with van der Waals surface area (Å²) in [6.45, 7) is 3.93. The molecule has 0 saturated carbocycles. The molecule has 0 aliphatic carbocycles. The van der Waals surface area contributed by atoms with Crippen LogP contribution in [0.1, 0.15) is 25.0 Å². The fraction of sp³-hybridized carbons (Fsp3) is 0.263. The summed E-state index contributed by atoms with van der Waals surface area (Å²) in [5, 5.41) is 0. The molecule has 0 amide bonds. The highest BCUT2D eigenvalue weighted by atomic mass is 15.4. The topological polar surface area (TPSA) is 80.0 Å². The van der Waals surface area contributed by atoms with Crippen LogP contribution in [0.2, 0.25) is 0 Å². The third-order valence-corrected chi connectivity index (χ3v) is 4.13. The molecule has 0 unspecified atom stereocenters. The highest BCUT2D eigenvalue weighted by Crippen LogP contribution is 2.27. The van der Waals surface area contributed by atoms with Gasteiger partial charge in [0.15, 0.2) is 0 Å². The van der Waals surface area contributed by atoms with Gasteiger partial charge in [-0.05, 0) is 49.9 Å². The van der Waals surface area contributed by atoms with Gasteiger partial charge in [-0.2, -0.15) is 4.99 Å². The molecule has 0 spiro atoms. The van der Waals surface area contributed by atoms with E-state index in [1.54, 1.807) is 0 Å². The lowest BCUT2D eigenvalue weighted by Gasteiger charge is -2.38. The number of nitrogens with two attached hydrogens (primary N) is 2. The zero-order valence-corrected chi connectivity index (χ0v) is 14.1. The summed E-state index contributed by atoms with van der Waals surface area (Å²) < 4.78 is 0. The lowest BCUT2D eigenvalue weighted by molar-refractivity contribution is 0.534. The van der Waals surface area contributed by atoms with Gasteiger partial charge < -0.3 is 11.5 Å². The van der Waals surface area contributed by atoms with Gasteiger partial charge in [-0.15, -0.1) is 0 Å². The van der Waals surface area contributed by atoms with Gasteiger partial charge in [0.25, 0.3) is 0 Å². The number of benzene rings is 2. The number of rotatable bonds is 4. The Labute approximate surface area is 142 Å². The number of nitrogens with zero attached hydrogens (tertiary/aromatic N) is 3. The van der Waals surface area contributed by atoms with Crippen LogP contribution in [0.5, 0.6) is 0 Å². The summed E-state index contributed by atoms with van der Waals surface area (Å²) in [6, 6.07) is 18.9. The Balaban J connectivity index is 1.74. The first-order chi connectivity index (χ1) is 11.5. The SMILES string of the molecule is CC1(C)N=C(N)N=C(N)N1c1ccc(CCc2ccccc2)cc1. The van der Waals surface area contributed by atoms with E-state index in [4.69, 9.17) is 11.5 Å². The molecule has 3 rings (SSSR count). The summed E-state index contributed by atoms with van der Waals surface area (Å²) in [7, 11) is 0. The highest BCUT2D eigenvalue weighted by molar-refractivity contribution is 6.05. The second-order valence-electron chi connectivity index (χ2n) is 6.42. The molecular formula is C19H23N5. The highest BCUT2D eigenvalue weighted by Gasteiger charge is 2.32. The molecule has 0 radical (unpaired) electrons. The van der Waals surface area contributed by atoms with E-state index in [1.165, 1.54) is 11.1 Å². The van der Waals surface area contributed by atoms with E-state index >= 15 is 0 Å². The maximum atomic E-state index is 6.06. The Morgan fingerprint density at radius 3 is 2.04 bits per heavy atom. The summed E-state index contributed by atoms with van der Waals surface area (Å²) >= 11 is 0. The zero-order valence-electron chi connectivity index (χ0n) is 14.1. The number of hydrogen-bond donors (Lipinski definition) is 2. The normalized spacial score (nSPS) is 16.5. The van der Waals surface area contributed by atoms with Crippen LogP contribution < -0.4 is 16.4 Å². The van der Waals surface area contributed by atoms with Gasteiger partial charge in [0.05, 0.1) is 0 Å². The molecule has 5 heteroatoms. The van der Waals surface area contributed by atoms with Crippen LogP contribution in [0.25, 0.3) is 0 Å². The van der Waals surface area contributed by atoms with E-state index in [2.05, 4.69) is 58.5 Å². The van der Waals surface area contributed by atoms with E-state index < -0.39 is 5.66 Å². The summed E-state index contributed by atoms with van der Waals surface area (Å²) in [5.41, 5.74) is 14.8. The molecule has 0 saturated heterocycles. The van der Waals surface area contributed by atoms with Gasteiger partial charge in [-0.1, -0.05) is 42.5 Å². The Morgan fingerprint density at radius 2 is 1.46 bits per heavy atom. The van der Waals surface area contributed by atoms with Crippen molar-refractivity contribution in [2.45, 2.75) is 32.4 Å². The Kier molecular flexibility index (Phi) is 4.25. The van der Waals surface area contributed by atoms with E-state index in [9.17, 15) is 0 Å². The van der Waals surface area contributed by atoms with E-state index in [1.807, 2.05) is 24.8 Å². The van der Waals surface area contributed by atoms with Crippen LogP contribution in [-0.4, -0.2) is 17.6 Å². The van der Waals surface area contributed by atoms with Crippen molar-refractivity contribution < 1.29 is 0 Å². The lowest BCUT2D eigenvalue weighted by Crippen LogP contribution is -2.54. The van der Waals surface area contributed by atoms with Crippen molar-refractivity contribution in [3.05, 3.63) is 65.7 Å². The van der Waals surface area contributed by atoms with Crippen molar-refractivity contribution >= 4 is 17.6 Å². The largest absolute Gasteiger partial charge is 0.369 e. The van der Waals surface area contributed by atoms with Gasteiger partial charge in [0.1, 0.15) is 5.66 Å². The minimum atomic E-state index is -0.554. The molecule has 2 aromatic rings. The molecule has 0 fully saturated rings. The van der Waals surface area contributed by atoms with Gasteiger partial charge in [0, 0.05) is 5.69 Å². The second-order valence-corrected chi connectivity index (χ2v) is 6.42. The predicted octanol–water partition coefficient (Wildman–Crippen LogP) is 2.66. The van der Waals surface area contributed by atoms with E-state index in [0.29, 0.717) is 5.96 Å². The van der Waals surface area contributed by atoms with Gasteiger partial charge >= 0.3 is 0 Å². The molecule has 1 aliphatic rings. The first-order valence-corrected chi connectivity index (χ1v) is 8.08. The molecule has 5 nitrogen and oxygen atoms in total. The van der Waals surface area contributed by atoms with Crippen LogP contribution in [-0.2, 0) is 12.8 Å². The molecule has 24 heavy (non-hydrogen) atoms. The van der Waals surface area contributed by atoms with Gasteiger partial charge in [0.2, 0.25) is 11.9 Å². The van der Waals surface area contributed by atoms with Crippen LogP contribution >= 0.6 is 0 Å². The average molecular weight is 321 g/mol. The molecule has 4 N–H and O–H groups in total. The molecule has 1 aliphatic heterocycles. The molecule has 124 valence electrons. The fourth-order valence-electron chi connectivity index (χ4n) is 3.00.